The Morgan fingerprint density at radius 1 is 1.42 bits per heavy atom. The second-order valence-electron chi connectivity index (χ2n) is 4.58. The van der Waals surface area contributed by atoms with Gasteiger partial charge >= 0.3 is 0 Å². The zero-order valence-electron chi connectivity index (χ0n) is 11.2. The van der Waals surface area contributed by atoms with Crippen molar-refractivity contribution in [2.24, 2.45) is 0 Å². The summed E-state index contributed by atoms with van der Waals surface area (Å²) in [5, 5.41) is 7.66. The Morgan fingerprint density at radius 3 is 2.74 bits per heavy atom. The highest BCUT2D eigenvalue weighted by atomic mass is 32.2. The summed E-state index contributed by atoms with van der Waals surface area (Å²) in [6.07, 6.45) is 1.97. The van der Waals surface area contributed by atoms with Crippen molar-refractivity contribution >= 4 is 15.7 Å². The highest BCUT2D eigenvalue weighted by Gasteiger charge is 2.37. The summed E-state index contributed by atoms with van der Waals surface area (Å²) in [4.78, 5) is 13.7. The van der Waals surface area contributed by atoms with Crippen LogP contribution in [0.25, 0.3) is 0 Å². The molecule has 1 atom stereocenters. The summed E-state index contributed by atoms with van der Waals surface area (Å²) in [5.74, 6) is -0.299. The van der Waals surface area contributed by atoms with Crippen LogP contribution in [-0.2, 0) is 19.4 Å². The van der Waals surface area contributed by atoms with Gasteiger partial charge in [0, 0.05) is 20.2 Å². The third-order valence-electron chi connectivity index (χ3n) is 3.22. The van der Waals surface area contributed by atoms with Crippen molar-refractivity contribution in [2.75, 3.05) is 32.6 Å². The van der Waals surface area contributed by atoms with Crippen molar-refractivity contribution in [1.82, 2.24) is 4.90 Å². The number of sulfone groups is 1. The molecule has 0 saturated carbocycles. The molecular formula is C12H20N2O4S. The van der Waals surface area contributed by atoms with E-state index in [1.54, 1.807) is 0 Å². The molecule has 1 heterocycles. The maximum Gasteiger partial charge on any atom is 0.241 e. The van der Waals surface area contributed by atoms with E-state index in [0.717, 1.165) is 6.42 Å². The van der Waals surface area contributed by atoms with E-state index >= 15 is 0 Å². The van der Waals surface area contributed by atoms with E-state index in [-0.39, 0.29) is 24.6 Å². The van der Waals surface area contributed by atoms with E-state index in [1.807, 2.05) is 6.07 Å². The summed E-state index contributed by atoms with van der Waals surface area (Å²) < 4.78 is 28.8. The van der Waals surface area contributed by atoms with E-state index < -0.39 is 15.1 Å². The molecule has 1 fully saturated rings. The summed E-state index contributed by atoms with van der Waals surface area (Å²) in [7, 11) is -1.81. The van der Waals surface area contributed by atoms with Gasteiger partial charge in [-0.2, -0.15) is 5.26 Å². The van der Waals surface area contributed by atoms with Crippen LogP contribution < -0.4 is 0 Å². The largest absolute Gasteiger partial charge is 0.383 e. The first-order valence-corrected chi connectivity index (χ1v) is 8.10. The highest BCUT2D eigenvalue weighted by Crippen LogP contribution is 2.21. The molecule has 0 radical (unpaired) electrons. The summed E-state index contributed by atoms with van der Waals surface area (Å²) in [6, 6.07) is 1.97. The second kappa shape index (κ2) is 7.46. The van der Waals surface area contributed by atoms with Crippen molar-refractivity contribution in [1.29, 1.82) is 5.26 Å². The third-order valence-corrected chi connectivity index (χ3v) is 5.39. The molecule has 0 spiro atoms. The molecule has 1 saturated heterocycles. The number of carbonyl (C=O) groups is 1. The van der Waals surface area contributed by atoms with Crippen LogP contribution in [0.1, 0.15) is 25.7 Å². The first kappa shape index (κ1) is 15.9. The SMILES string of the molecule is COCCN(CCC#N)C(=O)C1CCCCS1(=O)=O. The Labute approximate surface area is 114 Å². The van der Waals surface area contributed by atoms with Crippen LogP contribution in [0, 0.1) is 11.3 Å². The van der Waals surface area contributed by atoms with Gasteiger partial charge in [0.15, 0.2) is 9.84 Å². The van der Waals surface area contributed by atoms with Crippen LogP contribution >= 0.6 is 0 Å². The van der Waals surface area contributed by atoms with Crippen LogP contribution in [0.3, 0.4) is 0 Å². The molecule has 0 N–H and O–H groups in total. The molecule has 108 valence electrons. The minimum atomic E-state index is -3.33. The molecule has 1 unspecified atom stereocenters. The number of nitriles is 1. The third kappa shape index (κ3) is 4.48. The van der Waals surface area contributed by atoms with Crippen LogP contribution in [0.5, 0.6) is 0 Å². The molecule has 0 aromatic rings. The molecule has 0 bridgehead atoms. The Bertz CT molecular complexity index is 441. The van der Waals surface area contributed by atoms with Gasteiger partial charge in [-0.1, -0.05) is 6.42 Å². The van der Waals surface area contributed by atoms with Crippen LogP contribution in [0.2, 0.25) is 0 Å². The summed E-state index contributed by atoms with van der Waals surface area (Å²) in [5.41, 5.74) is 0. The number of nitrogens with zero attached hydrogens (tertiary/aromatic N) is 2. The number of hydrogen-bond donors (Lipinski definition) is 0. The molecule has 1 aliphatic heterocycles. The number of amides is 1. The summed E-state index contributed by atoms with van der Waals surface area (Å²) in [6.45, 7) is 0.914. The van der Waals surface area contributed by atoms with Gasteiger partial charge in [0.05, 0.1) is 24.8 Å². The molecular weight excluding hydrogens is 268 g/mol. The fraction of sp³-hybridized carbons (Fsp3) is 0.833. The molecule has 6 nitrogen and oxygen atoms in total. The van der Waals surface area contributed by atoms with E-state index in [0.29, 0.717) is 26.0 Å². The minimum absolute atomic E-state index is 0.0831. The van der Waals surface area contributed by atoms with Gasteiger partial charge in [-0.15, -0.1) is 0 Å². The molecule has 1 rings (SSSR count). The standard InChI is InChI=1S/C12H20N2O4S/c1-18-9-8-14(7-4-6-13)12(15)11-5-2-3-10-19(11,16)17/h11H,2-5,7-10H2,1H3. The van der Waals surface area contributed by atoms with E-state index in [4.69, 9.17) is 10.00 Å². The van der Waals surface area contributed by atoms with Crippen molar-refractivity contribution in [3.8, 4) is 6.07 Å². The molecule has 0 aromatic heterocycles. The minimum Gasteiger partial charge on any atom is -0.383 e. The maximum absolute atomic E-state index is 12.3. The summed E-state index contributed by atoms with van der Waals surface area (Å²) >= 11 is 0. The smallest absolute Gasteiger partial charge is 0.241 e. The number of methoxy groups -OCH3 is 1. The van der Waals surface area contributed by atoms with Crippen molar-refractivity contribution in [3.05, 3.63) is 0 Å². The number of hydrogen-bond acceptors (Lipinski definition) is 5. The fourth-order valence-corrected chi connectivity index (χ4v) is 4.03. The molecule has 0 aliphatic carbocycles. The first-order valence-electron chi connectivity index (χ1n) is 6.39. The molecule has 1 aliphatic rings. The van der Waals surface area contributed by atoms with Gasteiger partial charge in [-0.25, -0.2) is 8.42 Å². The molecule has 1 amide bonds. The van der Waals surface area contributed by atoms with Gasteiger partial charge in [0.2, 0.25) is 5.91 Å². The van der Waals surface area contributed by atoms with E-state index in [2.05, 4.69) is 0 Å². The lowest BCUT2D eigenvalue weighted by Gasteiger charge is -2.28. The van der Waals surface area contributed by atoms with Gasteiger partial charge < -0.3 is 9.64 Å². The zero-order valence-corrected chi connectivity index (χ0v) is 12.0. The quantitative estimate of drug-likeness (QED) is 0.703. The highest BCUT2D eigenvalue weighted by molar-refractivity contribution is 7.92. The van der Waals surface area contributed by atoms with Crippen LogP contribution in [0.4, 0.5) is 0 Å². The monoisotopic (exact) mass is 288 g/mol. The van der Waals surface area contributed by atoms with Crippen molar-refractivity contribution < 1.29 is 17.9 Å². The average Bonchev–Trinajstić information content (AvgIpc) is 2.38. The molecule has 0 aromatic carbocycles. The maximum atomic E-state index is 12.3. The lowest BCUT2D eigenvalue weighted by atomic mass is 10.1. The van der Waals surface area contributed by atoms with E-state index in [1.165, 1.54) is 12.0 Å². The lowest BCUT2D eigenvalue weighted by Crippen LogP contribution is -2.46. The van der Waals surface area contributed by atoms with E-state index in [9.17, 15) is 13.2 Å². The lowest BCUT2D eigenvalue weighted by molar-refractivity contribution is -0.131. The second-order valence-corrected chi connectivity index (χ2v) is 6.88. The van der Waals surface area contributed by atoms with Crippen LogP contribution in [0.15, 0.2) is 0 Å². The predicted octanol–water partition coefficient (Wildman–Crippen LogP) is 0.342. The fourth-order valence-electron chi connectivity index (χ4n) is 2.15. The van der Waals surface area contributed by atoms with Gasteiger partial charge in [-0.3, -0.25) is 4.79 Å². The normalized spacial score (nSPS) is 21.6. The van der Waals surface area contributed by atoms with Gasteiger partial charge in [-0.05, 0) is 12.8 Å². The zero-order chi connectivity index (χ0) is 14.3. The Kier molecular flexibility index (Phi) is 6.25. The Hall–Kier alpha value is -1.13. The van der Waals surface area contributed by atoms with Gasteiger partial charge in [0.1, 0.15) is 5.25 Å². The van der Waals surface area contributed by atoms with Crippen molar-refractivity contribution in [3.63, 3.8) is 0 Å². The predicted molar refractivity (Wildman–Crippen MR) is 70.1 cm³/mol. The van der Waals surface area contributed by atoms with Crippen LogP contribution in [-0.4, -0.2) is 57.0 Å². The average molecular weight is 288 g/mol. The molecule has 7 heteroatoms. The van der Waals surface area contributed by atoms with Gasteiger partial charge in [0.25, 0.3) is 0 Å². The number of rotatable bonds is 6. The Balaban J connectivity index is 2.76. The number of ether oxygens (including phenoxy) is 1. The topological polar surface area (TPSA) is 87.5 Å². The first-order chi connectivity index (χ1) is 9.03. The Morgan fingerprint density at radius 2 is 2.16 bits per heavy atom. The number of carbonyl (C=O) groups excluding carboxylic acids is 1. The molecule has 19 heavy (non-hydrogen) atoms. The van der Waals surface area contributed by atoms with Crippen molar-refractivity contribution in [2.45, 2.75) is 30.9 Å².